The van der Waals surface area contributed by atoms with Crippen LogP contribution in [0.1, 0.15) is 70.7 Å². The van der Waals surface area contributed by atoms with Crippen molar-refractivity contribution in [2.24, 2.45) is 0 Å². The van der Waals surface area contributed by atoms with Crippen LogP contribution in [0.4, 0.5) is 0 Å². The SMILES string of the molecule is CC.CC.CC(C)Oc1ccc(-c2nc(-c3cccc4c3CC[C@H]4NCC(=O)O)no2)cc1C#N. The van der Waals surface area contributed by atoms with E-state index in [4.69, 9.17) is 14.4 Å². The summed E-state index contributed by atoms with van der Waals surface area (Å²) in [6.07, 6.45) is 1.57. The molecule has 3 aromatic rings. The minimum Gasteiger partial charge on any atom is -0.490 e. The Morgan fingerprint density at radius 1 is 1.26 bits per heavy atom. The second-order valence-electron chi connectivity index (χ2n) is 7.65. The van der Waals surface area contributed by atoms with E-state index in [0.29, 0.717) is 28.6 Å². The first-order valence-corrected chi connectivity index (χ1v) is 12.1. The molecule has 0 bridgehead atoms. The maximum Gasteiger partial charge on any atom is 0.317 e. The molecule has 2 N–H and O–H groups in total. The van der Waals surface area contributed by atoms with E-state index in [0.717, 1.165) is 29.5 Å². The summed E-state index contributed by atoms with van der Waals surface area (Å²) >= 11 is 0. The molecule has 4 rings (SSSR count). The van der Waals surface area contributed by atoms with Crippen molar-refractivity contribution < 1.29 is 19.2 Å². The Kier molecular flexibility index (Phi) is 10.4. The highest BCUT2D eigenvalue weighted by Gasteiger charge is 2.26. The number of nitrogens with one attached hydrogen (secondary N) is 1. The summed E-state index contributed by atoms with van der Waals surface area (Å²) in [5, 5.41) is 25.6. The van der Waals surface area contributed by atoms with Crippen molar-refractivity contribution in [3.05, 3.63) is 53.1 Å². The highest BCUT2D eigenvalue weighted by molar-refractivity contribution is 5.70. The lowest BCUT2D eigenvalue weighted by Gasteiger charge is -2.12. The number of fused-ring (bicyclic) bond motifs is 1. The van der Waals surface area contributed by atoms with Crippen LogP contribution in [0.15, 0.2) is 40.9 Å². The van der Waals surface area contributed by atoms with Gasteiger partial charge < -0.3 is 19.7 Å². The fourth-order valence-corrected chi connectivity index (χ4v) is 3.84. The van der Waals surface area contributed by atoms with Gasteiger partial charge in [-0.05, 0) is 56.0 Å². The number of benzene rings is 2. The Bertz CT molecular complexity index is 1160. The van der Waals surface area contributed by atoms with Gasteiger partial charge in [-0.1, -0.05) is 51.1 Å². The van der Waals surface area contributed by atoms with E-state index in [2.05, 4.69) is 21.5 Å². The quantitative estimate of drug-likeness (QED) is 0.438. The summed E-state index contributed by atoms with van der Waals surface area (Å²) in [7, 11) is 0. The van der Waals surface area contributed by atoms with E-state index < -0.39 is 5.97 Å². The topological polar surface area (TPSA) is 121 Å². The molecule has 8 nitrogen and oxygen atoms in total. The van der Waals surface area contributed by atoms with Crippen LogP contribution in [-0.2, 0) is 11.2 Å². The molecule has 2 aromatic carbocycles. The van der Waals surface area contributed by atoms with Crippen molar-refractivity contribution in [2.45, 2.75) is 66.5 Å². The molecule has 1 aromatic heterocycles. The average Bonchev–Trinajstić information content (AvgIpc) is 3.53. The summed E-state index contributed by atoms with van der Waals surface area (Å²) in [6.45, 7) is 11.7. The zero-order chi connectivity index (χ0) is 26.0. The number of rotatable bonds is 7. The van der Waals surface area contributed by atoms with Crippen LogP contribution >= 0.6 is 0 Å². The Labute approximate surface area is 206 Å². The number of aliphatic carboxylic acids is 1. The van der Waals surface area contributed by atoms with Crippen LogP contribution in [0.2, 0.25) is 0 Å². The lowest BCUT2D eigenvalue weighted by molar-refractivity contribution is -0.136. The molecule has 1 aliphatic carbocycles. The van der Waals surface area contributed by atoms with Crippen molar-refractivity contribution >= 4 is 5.97 Å². The summed E-state index contributed by atoms with van der Waals surface area (Å²) in [6, 6.07) is 13.2. The molecule has 0 amide bonds. The van der Waals surface area contributed by atoms with Gasteiger partial charge in [0.25, 0.3) is 5.89 Å². The molecular weight excluding hydrogens is 444 g/mol. The molecule has 0 unspecified atom stereocenters. The van der Waals surface area contributed by atoms with E-state index in [1.54, 1.807) is 18.2 Å². The third-order valence-corrected chi connectivity index (χ3v) is 5.15. The summed E-state index contributed by atoms with van der Waals surface area (Å²) in [4.78, 5) is 15.4. The van der Waals surface area contributed by atoms with Crippen LogP contribution in [0, 0.1) is 11.3 Å². The molecule has 0 saturated carbocycles. The number of ether oxygens (including phenoxy) is 1. The number of carbonyl (C=O) groups is 1. The minimum atomic E-state index is -0.881. The standard InChI is InChI=1S/C23H22N4O4.2C2H6/c1-13(2)30-20-9-6-14(10-15(20)11-24)23-26-22(27-31-23)18-5-3-4-17-16(18)7-8-19(17)25-12-21(28)29;2*1-2/h3-6,9-10,13,19,25H,7-8,12H2,1-2H3,(H,28,29);2*1-2H3/t19-;;/m1../s1. The molecule has 1 heterocycles. The van der Waals surface area contributed by atoms with Crippen LogP contribution in [-0.4, -0.2) is 33.9 Å². The second kappa shape index (κ2) is 13.3. The summed E-state index contributed by atoms with van der Waals surface area (Å²) < 4.78 is 11.2. The maximum atomic E-state index is 10.9. The molecule has 8 heteroatoms. The minimum absolute atomic E-state index is 0.0101. The lowest BCUT2D eigenvalue weighted by Crippen LogP contribution is -2.25. The van der Waals surface area contributed by atoms with Crippen LogP contribution < -0.4 is 10.1 Å². The predicted molar refractivity (Wildman–Crippen MR) is 135 cm³/mol. The number of carboxylic acids is 1. The fourth-order valence-electron chi connectivity index (χ4n) is 3.84. The van der Waals surface area contributed by atoms with E-state index >= 15 is 0 Å². The van der Waals surface area contributed by atoms with E-state index in [9.17, 15) is 10.1 Å². The van der Waals surface area contributed by atoms with Gasteiger partial charge in [-0.3, -0.25) is 4.79 Å². The normalized spacial score (nSPS) is 13.6. The highest BCUT2D eigenvalue weighted by atomic mass is 16.5. The predicted octanol–water partition coefficient (Wildman–Crippen LogP) is 5.78. The van der Waals surface area contributed by atoms with Gasteiger partial charge in [0.1, 0.15) is 11.8 Å². The maximum absolute atomic E-state index is 10.9. The average molecular weight is 479 g/mol. The van der Waals surface area contributed by atoms with Gasteiger partial charge in [0.05, 0.1) is 18.2 Å². The molecule has 0 fully saturated rings. The van der Waals surface area contributed by atoms with Crippen molar-refractivity contribution in [1.82, 2.24) is 15.5 Å². The van der Waals surface area contributed by atoms with Crippen molar-refractivity contribution in [3.8, 4) is 34.7 Å². The van der Waals surface area contributed by atoms with Crippen molar-refractivity contribution in [1.29, 1.82) is 5.26 Å². The Hall–Kier alpha value is -3.70. The third-order valence-electron chi connectivity index (χ3n) is 5.15. The third kappa shape index (κ3) is 6.67. The van der Waals surface area contributed by atoms with Gasteiger partial charge in [0.15, 0.2) is 0 Å². The van der Waals surface area contributed by atoms with Crippen LogP contribution in [0.25, 0.3) is 22.8 Å². The smallest absolute Gasteiger partial charge is 0.317 e. The summed E-state index contributed by atoms with van der Waals surface area (Å²) in [5.41, 5.74) is 4.06. The van der Waals surface area contributed by atoms with Gasteiger partial charge in [-0.2, -0.15) is 10.2 Å². The largest absolute Gasteiger partial charge is 0.490 e. The number of hydrogen-bond acceptors (Lipinski definition) is 7. The zero-order valence-corrected chi connectivity index (χ0v) is 21.3. The van der Waals surface area contributed by atoms with E-state index in [1.807, 2.05) is 59.7 Å². The van der Waals surface area contributed by atoms with Gasteiger partial charge in [-0.25, -0.2) is 0 Å². The van der Waals surface area contributed by atoms with Crippen molar-refractivity contribution in [3.63, 3.8) is 0 Å². The number of nitriles is 1. The Morgan fingerprint density at radius 2 is 2.00 bits per heavy atom. The molecule has 0 spiro atoms. The first-order valence-electron chi connectivity index (χ1n) is 12.1. The van der Waals surface area contributed by atoms with Gasteiger partial charge in [-0.15, -0.1) is 0 Å². The zero-order valence-electron chi connectivity index (χ0n) is 21.3. The molecule has 1 atom stereocenters. The number of hydrogen-bond donors (Lipinski definition) is 2. The second-order valence-corrected chi connectivity index (χ2v) is 7.65. The van der Waals surface area contributed by atoms with E-state index in [-0.39, 0.29) is 18.7 Å². The van der Waals surface area contributed by atoms with E-state index in [1.165, 1.54) is 0 Å². The molecule has 0 saturated heterocycles. The van der Waals surface area contributed by atoms with Crippen LogP contribution in [0.3, 0.4) is 0 Å². The number of nitrogens with zero attached hydrogens (tertiary/aromatic N) is 3. The Morgan fingerprint density at radius 3 is 2.66 bits per heavy atom. The Balaban J connectivity index is 0.00000103. The summed E-state index contributed by atoms with van der Waals surface area (Å²) in [5.74, 6) is 0.418. The highest BCUT2D eigenvalue weighted by Crippen LogP contribution is 2.37. The molecule has 0 aliphatic heterocycles. The lowest BCUT2D eigenvalue weighted by atomic mass is 10.0. The molecule has 186 valence electrons. The number of carboxylic acid groups (broad SMARTS) is 1. The molecular formula is C27H34N4O4. The first-order chi connectivity index (χ1) is 17.0. The van der Waals surface area contributed by atoms with Gasteiger partial charge >= 0.3 is 5.97 Å². The van der Waals surface area contributed by atoms with Gasteiger partial charge in [0.2, 0.25) is 5.82 Å². The monoisotopic (exact) mass is 478 g/mol. The van der Waals surface area contributed by atoms with Gasteiger partial charge in [0, 0.05) is 17.2 Å². The molecule has 1 aliphatic rings. The number of aromatic nitrogens is 2. The fraction of sp³-hybridized carbons (Fsp3) is 0.407. The first kappa shape index (κ1) is 27.5. The molecule has 35 heavy (non-hydrogen) atoms. The van der Waals surface area contributed by atoms with Crippen LogP contribution in [0.5, 0.6) is 5.75 Å². The molecule has 0 radical (unpaired) electrons. The van der Waals surface area contributed by atoms with Crippen molar-refractivity contribution in [2.75, 3.05) is 6.54 Å².